The molecule has 7 rings (SSSR count). The van der Waals surface area contributed by atoms with Gasteiger partial charge in [-0.15, -0.1) is 5.54 Å². The Balaban J connectivity index is 1.25. The van der Waals surface area contributed by atoms with Gasteiger partial charge in [0.1, 0.15) is 43.8 Å². The Kier molecular flexibility index (Phi) is 13.2. The van der Waals surface area contributed by atoms with Crippen molar-refractivity contribution in [2.45, 2.75) is 153 Å². The number of halogens is 2. The quantitative estimate of drug-likeness (QED) is 0.0941. The summed E-state index contributed by atoms with van der Waals surface area (Å²) in [4.78, 5) is 34.3. The van der Waals surface area contributed by atoms with Crippen molar-refractivity contribution in [3.8, 4) is 23.2 Å². The van der Waals surface area contributed by atoms with E-state index in [9.17, 15) is 9.18 Å². The third-order valence-electron chi connectivity index (χ3n) is 13.6. The lowest BCUT2D eigenvalue weighted by molar-refractivity contribution is 0.0122. The zero-order valence-corrected chi connectivity index (χ0v) is 38.9. The number of anilines is 1. The minimum absolute atomic E-state index is 0.0522. The summed E-state index contributed by atoms with van der Waals surface area (Å²) in [6.45, 7) is 21.9. The molecule has 14 heteroatoms. The molecule has 0 N–H and O–H groups in total. The van der Waals surface area contributed by atoms with Gasteiger partial charge >= 0.3 is 12.1 Å². The molecule has 1 amide bonds. The van der Waals surface area contributed by atoms with E-state index in [0.29, 0.717) is 78.6 Å². The van der Waals surface area contributed by atoms with Gasteiger partial charge in [-0.3, -0.25) is 9.80 Å². The van der Waals surface area contributed by atoms with Crippen LogP contribution >= 0.6 is 0 Å². The predicted octanol–water partition coefficient (Wildman–Crippen LogP) is 9.04. The van der Waals surface area contributed by atoms with Gasteiger partial charge in [-0.05, 0) is 105 Å². The molecule has 5 heterocycles. The monoisotopic (exact) mass is 860 g/mol. The summed E-state index contributed by atoms with van der Waals surface area (Å²) in [5.74, 6) is 4.69. The van der Waals surface area contributed by atoms with Crippen LogP contribution in [0, 0.1) is 17.3 Å². The van der Waals surface area contributed by atoms with Gasteiger partial charge in [0.2, 0.25) is 5.95 Å². The number of carbonyl (C=O) groups is 1. The number of fused-ring (bicyclic) bond motifs is 4. The molecule has 0 saturated carbocycles. The Labute approximate surface area is 362 Å². The molecule has 4 aliphatic heterocycles. The highest BCUT2D eigenvalue weighted by Crippen LogP contribution is 2.42. The molecule has 61 heavy (non-hydrogen) atoms. The maximum absolute atomic E-state index is 16.2. The van der Waals surface area contributed by atoms with Gasteiger partial charge in [-0.25, -0.2) is 13.6 Å². The highest BCUT2D eigenvalue weighted by molar-refractivity contribution is 6.90. The third-order valence-corrected chi connectivity index (χ3v) is 19.9. The summed E-state index contributed by atoms with van der Waals surface area (Å²) >= 11 is 0. The van der Waals surface area contributed by atoms with E-state index in [1.807, 2.05) is 37.8 Å². The zero-order chi connectivity index (χ0) is 43.9. The molecule has 2 unspecified atom stereocenters. The molecule has 332 valence electrons. The fourth-order valence-electron chi connectivity index (χ4n) is 10.9. The minimum atomic E-state index is -2.19. The number of ether oxygens (including phenoxy) is 4. The van der Waals surface area contributed by atoms with E-state index in [2.05, 4.69) is 62.8 Å². The number of hydrogen-bond acceptors (Lipinski definition) is 10. The van der Waals surface area contributed by atoms with E-state index in [4.69, 9.17) is 33.9 Å². The van der Waals surface area contributed by atoms with Crippen molar-refractivity contribution in [3.63, 3.8) is 0 Å². The van der Waals surface area contributed by atoms with Crippen molar-refractivity contribution in [2.24, 2.45) is 0 Å². The second kappa shape index (κ2) is 18.0. The Morgan fingerprint density at radius 3 is 2.33 bits per heavy atom. The van der Waals surface area contributed by atoms with Gasteiger partial charge in [-0.1, -0.05) is 53.5 Å². The standard InChI is InChI=1S/C47H66F2N6O5Si/c1-30(2)61(31(3)4,32(5)6)21-18-39-40(49)16-12-33-22-38(59-29-57-10)23-34(42(33)39)13-17-41-50-43(52-44(51-41)58-28-47-19-11-20-54(47)25-35(48)24-47)53-26-36-14-15-37(27-53)55(36)45(56)60-46(7,8)9/h12,16,22-23,30-32,35-37H,11,13-15,17,19-20,24-29H2,1-10H3/t35-,36?,37?,47+/m1/s1. The number of amides is 1. The Hall–Kier alpha value is -4.06. The molecular formula is C47H66F2N6O5Si. The largest absolute Gasteiger partial charge is 0.468 e. The second-order valence-electron chi connectivity index (χ2n) is 19.7. The number of rotatable bonds is 13. The number of aromatic nitrogens is 3. The zero-order valence-electron chi connectivity index (χ0n) is 37.9. The maximum Gasteiger partial charge on any atom is 0.410 e. The van der Waals surface area contributed by atoms with Crippen molar-refractivity contribution < 1.29 is 32.5 Å². The van der Waals surface area contributed by atoms with Crippen LogP contribution < -0.4 is 14.4 Å². The molecular weight excluding hydrogens is 795 g/mol. The minimum Gasteiger partial charge on any atom is -0.468 e. The lowest BCUT2D eigenvalue weighted by Gasteiger charge is -2.41. The number of nitrogens with zero attached hydrogens (tertiary/aromatic N) is 6. The first-order valence-corrected chi connectivity index (χ1v) is 24.6. The summed E-state index contributed by atoms with van der Waals surface area (Å²) in [5.41, 5.74) is 5.19. The molecule has 1 aromatic heterocycles. The number of benzene rings is 2. The lowest BCUT2D eigenvalue weighted by atomic mass is 9.95. The maximum atomic E-state index is 16.2. The molecule has 11 nitrogen and oxygen atoms in total. The molecule has 2 aromatic carbocycles. The average molecular weight is 861 g/mol. The summed E-state index contributed by atoms with van der Waals surface area (Å²) in [5, 5.41) is 1.57. The van der Waals surface area contributed by atoms with Crippen molar-refractivity contribution in [3.05, 3.63) is 47.0 Å². The number of piperazine rings is 1. The highest BCUT2D eigenvalue weighted by Gasteiger charge is 2.50. The fraction of sp³-hybridized carbons (Fsp3) is 0.660. The van der Waals surface area contributed by atoms with Gasteiger partial charge in [0, 0.05) is 45.0 Å². The van der Waals surface area contributed by atoms with E-state index < -0.39 is 19.8 Å². The summed E-state index contributed by atoms with van der Waals surface area (Å²) < 4.78 is 54.4. The van der Waals surface area contributed by atoms with Gasteiger partial charge < -0.3 is 23.8 Å². The van der Waals surface area contributed by atoms with Crippen LogP contribution in [0.1, 0.15) is 111 Å². The van der Waals surface area contributed by atoms with Gasteiger partial charge in [0.05, 0.1) is 23.2 Å². The van der Waals surface area contributed by atoms with Crippen LogP contribution in [0.15, 0.2) is 24.3 Å². The van der Waals surface area contributed by atoms with Crippen molar-refractivity contribution in [1.82, 2.24) is 24.8 Å². The first kappa shape index (κ1) is 45.0. The predicted molar refractivity (Wildman–Crippen MR) is 237 cm³/mol. The van der Waals surface area contributed by atoms with Crippen LogP contribution in [0.3, 0.4) is 0 Å². The molecule has 0 spiro atoms. The SMILES string of the molecule is COCOc1cc(CCc2nc(OC[C@@]34CCCN3C[C@H](F)C4)nc(N3CC4CCC(C3)N4C(=O)OC(C)(C)C)n2)c2c(C#C[Si](C(C)C)(C(C)C)C(C)C)c(F)ccc2c1. The normalized spacial score (nSPS) is 23.0. The van der Waals surface area contributed by atoms with E-state index in [-0.39, 0.29) is 48.9 Å². The van der Waals surface area contributed by atoms with Crippen LogP contribution in [0.4, 0.5) is 19.5 Å². The first-order chi connectivity index (χ1) is 28.9. The molecule has 0 radical (unpaired) electrons. The molecule has 4 aliphatic rings. The van der Waals surface area contributed by atoms with Crippen LogP contribution in [-0.4, -0.2) is 115 Å². The molecule has 2 bridgehead atoms. The Morgan fingerprint density at radius 1 is 0.967 bits per heavy atom. The van der Waals surface area contributed by atoms with E-state index >= 15 is 4.39 Å². The summed E-state index contributed by atoms with van der Waals surface area (Å²) in [7, 11) is -0.615. The number of aryl methyl sites for hydroxylation is 2. The molecule has 4 fully saturated rings. The highest BCUT2D eigenvalue weighted by atomic mass is 28.3. The summed E-state index contributed by atoms with van der Waals surface area (Å²) in [6, 6.07) is 7.23. The van der Waals surface area contributed by atoms with Crippen LogP contribution in [0.2, 0.25) is 16.6 Å². The number of alkyl halides is 1. The number of carbonyl (C=O) groups excluding carboxylic acids is 1. The Bertz CT molecular complexity index is 2100. The molecule has 3 aromatic rings. The van der Waals surface area contributed by atoms with Gasteiger partial charge in [0.15, 0.2) is 6.79 Å². The summed E-state index contributed by atoms with van der Waals surface area (Å²) in [6.07, 6.45) is 3.65. The molecule has 0 aliphatic carbocycles. The first-order valence-electron chi connectivity index (χ1n) is 22.4. The van der Waals surface area contributed by atoms with Crippen LogP contribution in [0.25, 0.3) is 10.8 Å². The van der Waals surface area contributed by atoms with Gasteiger partial charge in [0.25, 0.3) is 0 Å². The molecule has 4 saturated heterocycles. The second-order valence-corrected chi connectivity index (χ2v) is 25.3. The van der Waals surface area contributed by atoms with Crippen molar-refractivity contribution >= 4 is 30.9 Å². The van der Waals surface area contributed by atoms with Gasteiger partial charge in [-0.2, -0.15) is 15.0 Å². The third kappa shape index (κ3) is 9.35. The van der Waals surface area contributed by atoms with Crippen LogP contribution in [0.5, 0.6) is 11.8 Å². The number of hydrogen-bond donors (Lipinski definition) is 0. The Morgan fingerprint density at radius 2 is 1.67 bits per heavy atom. The molecule has 4 atom stereocenters. The van der Waals surface area contributed by atoms with E-state index in [1.165, 1.54) is 6.07 Å². The van der Waals surface area contributed by atoms with Crippen molar-refractivity contribution in [1.29, 1.82) is 0 Å². The van der Waals surface area contributed by atoms with Crippen molar-refractivity contribution in [2.75, 3.05) is 51.6 Å². The average Bonchev–Trinajstić information content (AvgIpc) is 3.81. The lowest BCUT2D eigenvalue weighted by Crippen LogP contribution is -2.57. The van der Waals surface area contributed by atoms with E-state index in [0.717, 1.165) is 48.6 Å². The smallest absolute Gasteiger partial charge is 0.410 e. The van der Waals surface area contributed by atoms with E-state index in [1.54, 1.807) is 13.2 Å². The van der Waals surface area contributed by atoms with Crippen LogP contribution in [-0.2, 0) is 22.3 Å². The fourth-order valence-corrected chi connectivity index (χ4v) is 16.1. The topological polar surface area (TPSA) is 102 Å². The number of methoxy groups -OCH3 is 1.